The van der Waals surface area contributed by atoms with Crippen molar-refractivity contribution in [1.29, 1.82) is 0 Å². The summed E-state index contributed by atoms with van der Waals surface area (Å²) < 4.78 is 13.4. The number of carboxylic acids is 1. The summed E-state index contributed by atoms with van der Waals surface area (Å²) in [7, 11) is 0. The molecule has 4 aromatic carbocycles. The molecule has 30 heavy (non-hydrogen) atoms. The van der Waals surface area contributed by atoms with Crippen molar-refractivity contribution >= 4 is 33.4 Å². The van der Waals surface area contributed by atoms with E-state index in [1.807, 2.05) is 48.5 Å². The first-order valence-corrected chi connectivity index (χ1v) is 9.67. The maximum absolute atomic E-state index is 13.4. The topological polar surface area (TPSA) is 66.4 Å². The number of hydrogen-bond acceptors (Lipinski definition) is 2. The van der Waals surface area contributed by atoms with Gasteiger partial charge in [0.15, 0.2) is 0 Å². The van der Waals surface area contributed by atoms with E-state index in [0.29, 0.717) is 5.56 Å². The molecular formula is C25H20FNO3. The van der Waals surface area contributed by atoms with E-state index >= 15 is 0 Å². The van der Waals surface area contributed by atoms with Gasteiger partial charge in [0.05, 0.1) is 6.42 Å². The number of rotatable bonds is 6. The van der Waals surface area contributed by atoms with E-state index in [9.17, 15) is 19.1 Å². The Balaban J connectivity index is 1.65. The molecule has 0 radical (unpaired) electrons. The molecule has 0 aromatic heterocycles. The van der Waals surface area contributed by atoms with Gasteiger partial charge in [-0.15, -0.1) is 0 Å². The molecule has 4 nitrogen and oxygen atoms in total. The fourth-order valence-electron chi connectivity index (χ4n) is 3.81. The van der Waals surface area contributed by atoms with Crippen molar-refractivity contribution in [2.24, 2.45) is 0 Å². The number of halogens is 1. The van der Waals surface area contributed by atoms with Crippen molar-refractivity contribution in [2.45, 2.75) is 18.9 Å². The van der Waals surface area contributed by atoms with E-state index < -0.39 is 23.7 Å². The largest absolute Gasteiger partial charge is 0.480 e. The Hall–Kier alpha value is -3.73. The monoisotopic (exact) mass is 401 g/mol. The molecule has 2 N–H and O–H groups in total. The molecule has 0 aliphatic heterocycles. The van der Waals surface area contributed by atoms with Crippen molar-refractivity contribution in [2.75, 3.05) is 0 Å². The minimum atomic E-state index is -1.11. The molecule has 1 atom stereocenters. The first-order chi connectivity index (χ1) is 14.5. The second-order valence-electron chi connectivity index (χ2n) is 7.27. The summed E-state index contributed by atoms with van der Waals surface area (Å²) in [5.74, 6) is -2.01. The molecule has 0 unspecified atom stereocenters. The third kappa shape index (κ3) is 4.15. The smallest absolute Gasteiger partial charge is 0.326 e. The predicted octanol–water partition coefficient (Wildman–Crippen LogP) is 4.49. The highest BCUT2D eigenvalue weighted by molar-refractivity contribution is 6.02. The van der Waals surface area contributed by atoms with E-state index in [1.54, 1.807) is 6.07 Å². The molecule has 5 heteroatoms. The molecule has 0 saturated heterocycles. The molecular weight excluding hydrogens is 381 g/mol. The van der Waals surface area contributed by atoms with Crippen LogP contribution in [0.2, 0.25) is 0 Å². The van der Waals surface area contributed by atoms with E-state index in [2.05, 4.69) is 11.4 Å². The van der Waals surface area contributed by atoms with Gasteiger partial charge in [0.2, 0.25) is 5.91 Å². The molecule has 0 heterocycles. The molecule has 0 spiro atoms. The number of fused-ring (bicyclic) bond motifs is 2. The average Bonchev–Trinajstić information content (AvgIpc) is 2.72. The maximum atomic E-state index is 13.4. The third-order valence-corrected chi connectivity index (χ3v) is 5.18. The molecule has 0 fully saturated rings. The van der Waals surface area contributed by atoms with E-state index in [0.717, 1.165) is 27.1 Å². The molecule has 0 aliphatic rings. The van der Waals surface area contributed by atoms with Gasteiger partial charge in [-0.25, -0.2) is 9.18 Å². The summed E-state index contributed by atoms with van der Waals surface area (Å²) in [6.07, 6.45) is 0.0594. The highest BCUT2D eigenvalue weighted by atomic mass is 19.1. The zero-order chi connectivity index (χ0) is 21.1. The predicted molar refractivity (Wildman–Crippen MR) is 115 cm³/mol. The van der Waals surface area contributed by atoms with Crippen molar-refractivity contribution in [3.8, 4) is 0 Å². The van der Waals surface area contributed by atoms with E-state index in [-0.39, 0.29) is 12.8 Å². The summed E-state index contributed by atoms with van der Waals surface area (Å²) in [6.45, 7) is 0. The van der Waals surface area contributed by atoms with Gasteiger partial charge in [-0.05, 0) is 50.9 Å². The Morgan fingerprint density at radius 3 is 2.10 bits per heavy atom. The number of aliphatic carboxylic acids is 1. The van der Waals surface area contributed by atoms with Crippen molar-refractivity contribution < 1.29 is 19.1 Å². The highest BCUT2D eigenvalue weighted by Gasteiger charge is 2.23. The SMILES string of the molecule is O=C(Cc1cccc(F)c1)N[C@H](Cc1c2ccccc2cc2ccccc12)C(=O)O. The summed E-state index contributed by atoms with van der Waals surface area (Å²) >= 11 is 0. The average molecular weight is 401 g/mol. The zero-order valence-corrected chi connectivity index (χ0v) is 16.1. The second kappa shape index (κ2) is 8.33. The molecule has 4 aromatic rings. The summed E-state index contributed by atoms with van der Waals surface area (Å²) in [5.41, 5.74) is 1.37. The zero-order valence-electron chi connectivity index (χ0n) is 16.1. The standard InChI is InChI=1S/C25H20FNO3/c26-19-9-5-6-16(12-19)13-24(28)27-23(25(29)30)15-22-20-10-3-1-7-17(20)14-18-8-2-4-11-21(18)22/h1-12,14,23H,13,15H2,(H,27,28)(H,29,30)/t23-/m1/s1. The van der Waals surface area contributed by atoms with Crippen LogP contribution in [-0.2, 0) is 22.4 Å². The van der Waals surface area contributed by atoms with Gasteiger partial charge in [0.1, 0.15) is 11.9 Å². The second-order valence-corrected chi connectivity index (χ2v) is 7.27. The normalized spacial score (nSPS) is 12.0. The van der Waals surface area contributed by atoms with Gasteiger partial charge >= 0.3 is 5.97 Å². The van der Waals surface area contributed by atoms with Crippen molar-refractivity contribution in [3.05, 3.63) is 95.8 Å². The van der Waals surface area contributed by atoms with Crippen LogP contribution < -0.4 is 5.32 Å². The Morgan fingerprint density at radius 2 is 1.50 bits per heavy atom. The van der Waals surface area contributed by atoms with Crippen LogP contribution in [0.1, 0.15) is 11.1 Å². The minimum Gasteiger partial charge on any atom is -0.480 e. The first-order valence-electron chi connectivity index (χ1n) is 9.67. The van der Waals surface area contributed by atoms with Crippen molar-refractivity contribution in [3.63, 3.8) is 0 Å². The molecule has 1 amide bonds. The quantitative estimate of drug-likeness (QED) is 0.468. The van der Waals surface area contributed by atoms with Gasteiger partial charge in [-0.1, -0.05) is 60.7 Å². The van der Waals surface area contributed by atoms with Crippen LogP contribution in [0, 0.1) is 5.82 Å². The third-order valence-electron chi connectivity index (χ3n) is 5.18. The molecule has 4 rings (SSSR count). The van der Waals surface area contributed by atoms with Gasteiger partial charge in [0, 0.05) is 6.42 Å². The van der Waals surface area contributed by atoms with Gasteiger partial charge in [-0.2, -0.15) is 0 Å². The Kier molecular flexibility index (Phi) is 5.44. The Labute approximate surface area is 173 Å². The van der Waals surface area contributed by atoms with Crippen LogP contribution in [0.25, 0.3) is 21.5 Å². The number of hydrogen-bond donors (Lipinski definition) is 2. The van der Waals surface area contributed by atoms with Crippen LogP contribution in [0.3, 0.4) is 0 Å². The van der Waals surface area contributed by atoms with Gasteiger partial charge in [-0.3, -0.25) is 4.79 Å². The molecule has 150 valence electrons. The van der Waals surface area contributed by atoms with Gasteiger partial charge in [0.25, 0.3) is 0 Å². The fourth-order valence-corrected chi connectivity index (χ4v) is 3.81. The number of nitrogens with one attached hydrogen (secondary N) is 1. The molecule has 0 aliphatic carbocycles. The lowest BCUT2D eigenvalue weighted by atomic mass is 9.92. The van der Waals surface area contributed by atoms with Crippen LogP contribution in [0.15, 0.2) is 78.9 Å². The lowest BCUT2D eigenvalue weighted by Gasteiger charge is -2.18. The number of benzene rings is 4. The maximum Gasteiger partial charge on any atom is 0.326 e. The molecule has 0 bridgehead atoms. The fraction of sp³-hybridized carbons (Fsp3) is 0.120. The number of carboxylic acid groups (broad SMARTS) is 1. The summed E-state index contributed by atoms with van der Waals surface area (Å²) in [5, 5.41) is 16.3. The van der Waals surface area contributed by atoms with Crippen LogP contribution in [0.4, 0.5) is 4.39 Å². The number of carbonyl (C=O) groups is 2. The number of carbonyl (C=O) groups excluding carboxylic acids is 1. The minimum absolute atomic E-state index is 0.0855. The van der Waals surface area contributed by atoms with Gasteiger partial charge < -0.3 is 10.4 Å². The summed E-state index contributed by atoms with van der Waals surface area (Å²) in [6, 6.07) is 22.3. The highest BCUT2D eigenvalue weighted by Crippen LogP contribution is 2.29. The van der Waals surface area contributed by atoms with E-state index in [1.165, 1.54) is 18.2 Å². The van der Waals surface area contributed by atoms with Crippen LogP contribution in [0.5, 0.6) is 0 Å². The van der Waals surface area contributed by atoms with Crippen LogP contribution in [-0.4, -0.2) is 23.0 Å². The van der Waals surface area contributed by atoms with Crippen LogP contribution >= 0.6 is 0 Å². The lowest BCUT2D eigenvalue weighted by Crippen LogP contribution is -2.43. The molecule has 0 saturated carbocycles. The first kappa shape index (κ1) is 19.6. The van der Waals surface area contributed by atoms with E-state index in [4.69, 9.17) is 0 Å². The van der Waals surface area contributed by atoms with Crippen molar-refractivity contribution in [1.82, 2.24) is 5.32 Å². The summed E-state index contributed by atoms with van der Waals surface area (Å²) in [4.78, 5) is 24.4. The Morgan fingerprint density at radius 1 is 0.867 bits per heavy atom. The Bertz CT molecular complexity index is 1200. The lowest BCUT2D eigenvalue weighted by molar-refractivity contribution is -0.141. The number of amides is 1.